The minimum absolute atomic E-state index is 0.00205. The maximum absolute atomic E-state index is 13.9. The topological polar surface area (TPSA) is 64.1 Å². The lowest BCUT2D eigenvalue weighted by Gasteiger charge is -2.39. The first kappa shape index (κ1) is 26.9. The smallest absolute Gasteiger partial charge is 0.321 e. The molecule has 2 aliphatic heterocycles. The Morgan fingerprint density at radius 3 is 2.39 bits per heavy atom. The number of carbonyl (C=O) groups excluding carboxylic acids is 1. The molecule has 2 fully saturated rings. The third-order valence-corrected chi connectivity index (χ3v) is 9.00. The molecule has 0 saturated carbocycles. The number of aliphatic carboxylic acids is 1. The summed E-state index contributed by atoms with van der Waals surface area (Å²) in [4.78, 5) is 32.7. The first-order valence-electron chi connectivity index (χ1n) is 14.3. The minimum Gasteiger partial charge on any atom is -0.480 e. The van der Waals surface area contributed by atoms with Crippen LogP contribution < -0.4 is 0 Å². The molecule has 5 rings (SSSR count). The van der Waals surface area contributed by atoms with Gasteiger partial charge in [-0.1, -0.05) is 48.0 Å². The molecule has 2 heterocycles. The van der Waals surface area contributed by atoms with Gasteiger partial charge < -0.3 is 10.0 Å². The normalized spacial score (nSPS) is 23.4. The Labute approximate surface area is 227 Å². The van der Waals surface area contributed by atoms with Crippen LogP contribution in [0.4, 0.5) is 0 Å². The van der Waals surface area contributed by atoms with Crippen LogP contribution in [0.3, 0.4) is 0 Å². The zero-order valence-electron chi connectivity index (χ0n) is 23.4. The molecule has 0 bridgehead atoms. The quantitative estimate of drug-likeness (QED) is 0.624. The summed E-state index contributed by atoms with van der Waals surface area (Å²) >= 11 is 0. The second-order valence-electron chi connectivity index (χ2n) is 12.6. The minimum atomic E-state index is -0.776. The van der Waals surface area contributed by atoms with Gasteiger partial charge in [0, 0.05) is 50.7 Å². The van der Waals surface area contributed by atoms with Gasteiger partial charge in [-0.25, -0.2) is 0 Å². The number of benzene rings is 2. The van der Waals surface area contributed by atoms with E-state index in [0.717, 1.165) is 31.5 Å². The zero-order valence-corrected chi connectivity index (χ0v) is 23.4. The molecule has 2 saturated heterocycles. The molecule has 1 amide bonds. The number of rotatable bonds is 6. The van der Waals surface area contributed by atoms with E-state index < -0.39 is 12.0 Å². The third-order valence-electron chi connectivity index (χ3n) is 9.00. The Bertz CT molecular complexity index is 1180. The molecule has 2 aromatic carbocycles. The molecule has 3 atom stereocenters. The molecule has 6 heteroatoms. The van der Waals surface area contributed by atoms with Gasteiger partial charge in [0.25, 0.3) is 0 Å². The van der Waals surface area contributed by atoms with E-state index in [9.17, 15) is 14.7 Å². The summed E-state index contributed by atoms with van der Waals surface area (Å²) in [7, 11) is 0. The predicted octanol–water partition coefficient (Wildman–Crippen LogP) is 4.14. The van der Waals surface area contributed by atoms with E-state index in [-0.39, 0.29) is 23.3 Å². The number of carbonyl (C=O) groups is 2. The van der Waals surface area contributed by atoms with Crippen molar-refractivity contribution in [2.45, 2.75) is 70.9 Å². The number of hydrogen-bond donors (Lipinski definition) is 1. The Kier molecular flexibility index (Phi) is 7.65. The number of aryl methyl sites for hydroxylation is 3. The van der Waals surface area contributed by atoms with Gasteiger partial charge in [0.15, 0.2) is 0 Å². The number of fused-ring (bicyclic) bond motifs is 1. The van der Waals surface area contributed by atoms with Crippen molar-refractivity contribution in [3.05, 3.63) is 70.3 Å². The Hall–Kier alpha value is -2.70. The molecule has 2 unspecified atom stereocenters. The highest BCUT2D eigenvalue weighted by molar-refractivity contribution is 5.81. The predicted molar refractivity (Wildman–Crippen MR) is 150 cm³/mol. The van der Waals surface area contributed by atoms with Crippen LogP contribution >= 0.6 is 0 Å². The van der Waals surface area contributed by atoms with Crippen LogP contribution in [-0.2, 0) is 28.9 Å². The molecule has 6 nitrogen and oxygen atoms in total. The fraction of sp³-hybridized carbons (Fsp3) is 0.562. The lowest BCUT2D eigenvalue weighted by molar-refractivity contribution is -0.145. The SMILES string of the molecule is Cc1cccc(C2CN(C(C)(C)C)CC2C(=O)N2CCN([C@@H](Cc3ccc4c(c3)CCC4)C(=O)O)CC2)c1. The highest BCUT2D eigenvalue weighted by Crippen LogP contribution is 2.38. The molecule has 0 spiro atoms. The Morgan fingerprint density at radius 2 is 1.71 bits per heavy atom. The van der Waals surface area contributed by atoms with E-state index >= 15 is 0 Å². The number of hydrogen-bond acceptors (Lipinski definition) is 4. The van der Waals surface area contributed by atoms with Gasteiger partial charge in [-0.05, 0) is 75.6 Å². The third kappa shape index (κ3) is 5.67. The maximum Gasteiger partial charge on any atom is 0.321 e. The fourth-order valence-corrected chi connectivity index (χ4v) is 6.68. The lowest BCUT2D eigenvalue weighted by atomic mass is 9.87. The molecule has 1 aliphatic carbocycles. The highest BCUT2D eigenvalue weighted by Gasteiger charge is 2.44. The first-order valence-corrected chi connectivity index (χ1v) is 14.3. The van der Waals surface area contributed by atoms with Gasteiger partial charge in [-0.3, -0.25) is 19.4 Å². The average Bonchev–Trinajstić information content (AvgIpc) is 3.54. The van der Waals surface area contributed by atoms with Crippen LogP contribution in [0.1, 0.15) is 60.9 Å². The average molecular weight is 518 g/mol. The highest BCUT2D eigenvalue weighted by atomic mass is 16.4. The largest absolute Gasteiger partial charge is 0.480 e. The van der Waals surface area contributed by atoms with Crippen molar-refractivity contribution in [2.75, 3.05) is 39.3 Å². The Balaban J connectivity index is 1.26. The van der Waals surface area contributed by atoms with Crippen molar-refractivity contribution in [2.24, 2.45) is 5.92 Å². The van der Waals surface area contributed by atoms with Gasteiger partial charge in [-0.2, -0.15) is 0 Å². The van der Waals surface area contributed by atoms with Crippen molar-refractivity contribution in [3.63, 3.8) is 0 Å². The van der Waals surface area contributed by atoms with E-state index in [0.29, 0.717) is 32.6 Å². The number of piperazine rings is 1. The van der Waals surface area contributed by atoms with Crippen LogP contribution in [0.5, 0.6) is 0 Å². The summed E-state index contributed by atoms with van der Waals surface area (Å²) < 4.78 is 0. The van der Waals surface area contributed by atoms with Crippen molar-refractivity contribution < 1.29 is 14.7 Å². The summed E-state index contributed by atoms with van der Waals surface area (Å²) in [5.41, 5.74) is 6.36. The van der Waals surface area contributed by atoms with E-state index in [1.807, 2.05) is 4.90 Å². The van der Waals surface area contributed by atoms with Crippen molar-refractivity contribution in [3.8, 4) is 0 Å². The monoisotopic (exact) mass is 517 g/mol. The molecule has 38 heavy (non-hydrogen) atoms. The second kappa shape index (κ2) is 10.8. The molecular weight excluding hydrogens is 474 g/mol. The maximum atomic E-state index is 13.9. The van der Waals surface area contributed by atoms with E-state index in [2.05, 4.69) is 80.0 Å². The van der Waals surface area contributed by atoms with Gasteiger partial charge in [0.2, 0.25) is 5.91 Å². The van der Waals surface area contributed by atoms with E-state index in [1.165, 1.54) is 28.7 Å². The van der Waals surface area contributed by atoms with Crippen LogP contribution in [0, 0.1) is 12.8 Å². The molecule has 2 aromatic rings. The lowest BCUT2D eigenvalue weighted by Crippen LogP contribution is -2.56. The number of likely N-dealkylation sites (tertiary alicyclic amines) is 1. The first-order chi connectivity index (χ1) is 18.1. The van der Waals surface area contributed by atoms with Crippen molar-refractivity contribution in [1.29, 1.82) is 0 Å². The fourth-order valence-electron chi connectivity index (χ4n) is 6.68. The van der Waals surface area contributed by atoms with E-state index in [4.69, 9.17) is 0 Å². The standard InChI is InChI=1S/C32H43N3O3/c1-22-7-5-10-26(17-22)27-20-35(32(2,3)4)21-28(27)30(36)34-15-13-33(14-16-34)29(31(37)38)19-23-11-12-24-8-6-9-25(24)18-23/h5,7,10-12,17-18,27-29H,6,8-9,13-16,19-21H2,1-4H3,(H,37,38)/t27?,28?,29-/m0/s1. The van der Waals surface area contributed by atoms with E-state index in [1.54, 1.807) is 0 Å². The molecule has 3 aliphatic rings. The zero-order chi connectivity index (χ0) is 27.0. The van der Waals surface area contributed by atoms with Crippen LogP contribution in [0.15, 0.2) is 42.5 Å². The van der Waals surface area contributed by atoms with Gasteiger partial charge in [0.05, 0.1) is 5.92 Å². The summed E-state index contributed by atoms with van der Waals surface area (Å²) in [5.74, 6) is -0.467. The van der Waals surface area contributed by atoms with Crippen molar-refractivity contribution in [1.82, 2.24) is 14.7 Å². The number of amides is 1. The van der Waals surface area contributed by atoms with Crippen LogP contribution in [-0.4, -0.2) is 82.5 Å². The molecule has 0 radical (unpaired) electrons. The van der Waals surface area contributed by atoms with Crippen molar-refractivity contribution >= 4 is 11.9 Å². The summed E-state index contributed by atoms with van der Waals surface area (Å²) in [6.45, 7) is 12.8. The molecular formula is C32H43N3O3. The van der Waals surface area contributed by atoms with Gasteiger partial charge >= 0.3 is 5.97 Å². The summed E-state index contributed by atoms with van der Waals surface area (Å²) in [6.07, 6.45) is 3.93. The summed E-state index contributed by atoms with van der Waals surface area (Å²) in [6, 6.07) is 14.5. The molecule has 0 aromatic heterocycles. The number of carboxylic acid groups (broad SMARTS) is 1. The second-order valence-corrected chi connectivity index (χ2v) is 12.6. The summed E-state index contributed by atoms with van der Waals surface area (Å²) in [5, 5.41) is 10.1. The molecule has 204 valence electrons. The van der Waals surface area contributed by atoms with Crippen LogP contribution in [0.2, 0.25) is 0 Å². The van der Waals surface area contributed by atoms with Gasteiger partial charge in [-0.15, -0.1) is 0 Å². The van der Waals surface area contributed by atoms with Crippen LogP contribution in [0.25, 0.3) is 0 Å². The Morgan fingerprint density at radius 1 is 0.974 bits per heavy atom. The molecule has 1 N–H and O–H groups in total. The number of carboxylic acids is 1. The van der Waals surface area contributed by atoms with Gasteiger partial charge in [0.1, 0.15) is 6.04 Å². The number of nitrogens with zero attached hydrogens (tertiary/aromatic N) is 3.